The number of hydrogen-bond acceptors (Lipinski definition) is 3. The van der Waals surface area contributed by atoms with Crippen LogP contribution in [0.15, 0.2) is 18.3 Å². The lowest BCUT2D eigenvalue weighted by Crippen LogP contribution is -2.22. The van der Waals surface area contributed by atoms with Crippen LogP contribution in [-0.4, -0.2) is 22.0 Å². The van der Waals surface area contributed by atoms with E-state index < -0.39 is 17.7 Å². The molecule has 4 nitrogen and oxygen atoms in total. The number of nitrogens with one attached hydrogen (secondary N) is 1. The van der Waals surface area contributed by atoms with Gasteiger partial charge in [0, 0.05) is 12.6 Å². The van der Waals surface area contributed by atoms with Gasteiger partial charge in [0.15, 0.2) is 0 Å². The second kappa shape index (κ2) is 4.99. The number of hydrogen-bond donors (Lipinski definition) is 1. The first-order valence-corrected chi connectivity index (χ1v) is 5.58. The molecule has 1 N–H and O–H groups in total. The van der Waals surface area contributed by atoms with Crippen molar-refractivity contribution in [2.75, 3.05) is 7.05 Å². The molecule has 0 spiro atoms. The first-order chi connectivity index (χ1) is 8.54. The standard InChI is InChI=1S/C11H11ClF2N4/c1-15-11(10-5-16-17-18(10)2)6-3-9(14)7(12)4-8(6)13/h3-5,11,15H,1-2H3. The normalized spacial score (nSPS) is 12.7. The molecule has 0 radical (unpaired) electrons. The Hall–Kier alpha value is -1.53. The molecule has 0 aliphatic heterocycles. The van der Waals surface area contributed by atoms with Gasteiger partial charge in [0.25, 0.3) is 0 Å². The van der Waals surface area contributed by atoms with E-state index in [-0.39, 0.29) is 10.6 Å². The quantitative estimate of drug-likeness (QED) is 0.870. The molecular weight excluding hydrogens is 262 g/mol. The van der Waals surface area contributed by atoms with Gasteiger partial charge in [0.1, 0.15) is 11.6 Å². The van der Waals surface area contributed by atoms with Crippen LogP contribution in [0.25, 0.3) is 0 Å². The third kappa shape index (κ3) is 2.21. The van der Waals surface area contributed by atoms with Gasteiger partial charge in [-0.2, -0.15) is 0 Å². The van der Waals surface area contributed by atoms with Crippen molar-refractivity contribution in [3.8, 4) is 0 Å². The summed E-state index contributed by atoms with van der Waals surface area (Å²) in [6.45, 7) is 0. The van der Waals surface area contributed by atoms with Crippen molar-refractivity contribution in [2.24, 2.45) is 7.05 Å². The maximum atomic E-state index is 13.8. The molecular formula is C11H11ClF2N4. The third-order valence-electron chi connectivity index (χ3n) is 2.68. The number of halogens is 3. The van der Waals surface area contributed by atoms with Crippen molar-refractivity contribution < 1.29 is 8.78 Å². The van der Waals surface area contributed by atoms with Crippen molar-refractivity contribution in [3.63, 3.8) is 0 Å². The molecule has 0 amide bonds. The first kappa shape index (κ1) is 12.9. The fourth-order valence-corrected chi connectivity index (χ4v) is 1.93. The molecule has 0 aliphatic rings. The number of aryl methyl sites for hydroxylation is 1. The van der Waals surface area contributed by atoms with Gasteiger partial charge in [-0.25, -0.2) is 8.78 Å². The zero-order valence-electron chi connectivity index (χ0n) is 9.78. The number of aromatic nitrogens is 3. The Morgan fingerprint density at radius 2 is 2.06 bits per heavy atom. The number of rotatable bonds is 3. The van der Waals surface area contributed by atoms with E-state index >= 15 is 0 Å². The van der Waals surface area contributed by atoms with Gasteiger partial charge in [0.2, 0.25) is 0 Å². The van der Waals surface area contributed by atoms with Crippen LogP contribution in [-0.2, 0) is 7.05 Å². The summed E-state index contributed by atoms with van der Waals surface area (Å²) >= 11 is 5.52. The van der Waals surface area contributed by atoms with Crippen molar-refractivity contribution in [1.29, 1.82) is 0 Å². The van der Waals surface area contributed by atoms with Gasteiger partial charge >= 0.3 is 0 Å². The molecule has 1 aromatic carbocycles. The molecule has 1 unspecified atom stereocenters. The molecule has 0 saturated heterocycles. The zero-order valence-corrected chi connectivity index (χ0v) is 10.5. The van der Waals surface area contributed by atoms with Gasteiger partial charge in [-0.15, -0.1) is 5.10 Å². The highest BCUT2D eigenvalue weighted by molar-refractivity contribution is 6.30. The summed E-state index contributed by atoms with van der Waals surface area (Å²) < 4.78 is 28.8. The van der Waals surface area contributed by atoms with Crippen molar-refractivity contribution in [3.05, 3.63) is 46.2 Å². The predicted molar refractivity (Wildman–Crippen MR) is 63.3 cm³/mol. The summed E-state index contributed by atoms with van der Waals surface area (Å²) in [5.74, 6) is -1.25. The van der Waals surface area contributed by atoms with Gasteiger partial charge in [-0.05, 0) is 19.2 Å². The van der Waals surface area contributed by atoms with E-state index in [2.05, 4.69) is 15.6 Å². The Bertz CT molecular complexity index is 570. The molecule has 18 heavy (non-hydrogen) atoms. The van der Waals surface area contributed by atoms with E-state index in [4.69, 9.17) is 11.6 Å². The fraction of sp³-hybridized carbons (Fsp3) is 0.273. The summed E-state index contributed by atoms with van der Waals surface area (Å²) in [4.78, 5) is 0. The summed E-state index contributed by atoms with van der Waals surface area (Å²) in [5, 5.41) is 10.1. The molecule has 0 bridgehead atoms. The topological polar surface area (TPSA) is 42.7 Å². The van der Waals surface area contributed by atoms with E-state index in [0.717, 1.165) is 12.1 Å². The molecule has 1 heterocycles. The molecule has 2 rings (SSSR count). The van der Waals surface area contributed by atoms with E-state index in [1.54, 1.807) is 14.1 Å². The molecule has 7 heteroatoms. The van der Waals surface area contributed by atoms with Crippen LogP contribution in [0.4, 0.5) is 8.78 Å². The molecule has 2 aromatic rings. The van der Waals surface area contributed by atoms with Crippen molar-refractivity contribution >= 4 is 11.6 Å². The van der Waals surface area contributed by atoms with Crippen LogP contribution < -0.4 is 5.32 Å². The number of benzene rings is 1. The lowest BCUT2D eigenvalue weighted by molar-refractivity contribution is 0.538. The molecule has 1 aromatic heterocycles. The fourth-order valence-electron chi connectivity index (χ4n) is 1.78. The molecule has 0 fully saturated rings. The van der Waals surface area contributed by atoms with Crippen LogP contribution in [0.1, 0.15) is 17.3 Å². The Morgan fingerprint density at radius 1 is 1.33 bits per heavy atom. The molecule has 0 aliphatic carbocycles. The summed E-state index contributed by atoms with van der Waals surface area (Å²) in [6, 6.07) is 1.49. The van der Waals surface area contributed by atoms with E-state index in [1.807, 2.05) is 0 Å². The van der Waals surface area contributed by atoms with E-state index in [0.29, 0.717) is 5.69 Å². The Kier molecular flexibility index (Phi) is 3.58. The van der Waals surface area contributed by atoms with Crippen LogP contribution in [0, 0.1) is 11.6 Å². The number of nitrogens with zero attached hydrogens (tertiary/aromatic N) is 3. The lowest BCUT2D eigenvalue weighted by atomic mass is 10.0. The predicted octanol–water partition coefficient (Wildman–Crippen LogP) is 2.06. The second-order valence-electron chi connectivity index (χ2n) is 3.79. The summed E-state index contributed by atoms with van der Waals surface area (Å²) in [5.41, 5.74) is 0.780. The smallest absolute Gasteiger partial charge is 0.142 e. The maximum absolute atomic E-state index is 13.8. The minimum absolute atomic E-state index is 0.157. The highest BCUT2D eigenvalue weighted by Gasteiger charge is 2.21. The van der Waals surface area contributed by atoms with Crippen LogP contribution in [0.5, 0.6) is 0 Å². The largest absolute Gasteiger partial charge is 0.308 e. The monoisotopic (exact) mass is 272 g/mol. The Morgan fingerprint density at radius 3 is 2.61 bits per heavy atom. The van der Waals surface area contributed by atoms with Gasteiger partial charge in [-0.3, -0.25) is 4.68 Å². The van der Waals surface area contributed by atoms with Crippen molar-refractivity contribution in [2.45, 2.75) is 6.04 Å². The highest BCUT2D eigenvalue weighted by Crippen LogP contribution is 2.27. The third-order valence-corrected chi connectivity index (χ3v) is 2.97. The molecule has 1 atom stereocenters. The SMILES string of the molecule is CNC(c1cc(F)c(Cl)cc1F)c1cnnn1C. The van der Waals surface area contributed by atoms with E-state index in [9.17, 15) is 8.78 Å². The minimum atomic E-state index is -0.663. The van der Waals surface area contributed by atoms with Gasteiger partial charge in [-0.1, -0.05) is 16.8 Å². The maximum Gasteiger partial charge on any atom is 0.142 e. The summed E-state index contributed by atoms with van der Waals surface area (Å²) in [7, 11) is 3.32. The average Bonchev–Trinajstić information content (AvgIpc) is 2.73. The molecule has 0 saturated carbocycles. The lowest BCUT2D eigenvalue weighted by Gasteiger charge is -2.17. The summed E-state index contributed by atoms with van der Waals surface area (Å²) in [6.07, 6.45) is 1.49. The van der Waals surface area contributed by atoms with Crippen LogP contribution >= 0.6 is 11.6 Å². The van der Waals surface area contributed by atoms with Crippen LogP contribution in [0.2, 0.25) is 5.02 Å². The Labute approximate surface area is 108 Å². The minimum Gasteiger partial charge on any atom is -0.308 e. The average molecular weight is 273 g/mol. The van der Waals surface area contributed by atoms with E-state index in [1.165, 1.54) is 10.9 Å². The van der Waals surface area contributed by atoms with Crippen molar-refractivity contribution in [1.82, 2.24) is 20.3 Å². The van der Waals surface area contributed by atoms with Gasteiger partial charge < -0.3 is 5.32 Å². The highest BCUT2D eigenvalue weighted by atomic mass is 35.5. The molecule has 96 valence electrons. The Balaban J connectivity index is 2.52. The zero-order chi connectivity index (χ0) is 13.3. The second-order valence-corrected chi connectivity index (χ2v) is 4.20. The van der Waals surface area contributed by atoms with Crippen LogP contribution in [0.3, 0.4) is 0 Å². The first-order valence-electron chi connectivity index (χ1n) is 5.21. The van der Waals surface area contributed by atoms with Gasteiger partial charge in [0.05, 0.1) is 23.0 Å².